The molecular formula is C10H21ClN2O3. The van der Waals surface area contributed by atoms with Gasteiger partial charge in [0, 0.05) is 26.8 Å². The lowest BCUT2D eigenvalue weighted by Gasteiger charge is -2.10. The van der Waals surface area contributed by atoms with Crippen molar-refractivity contribution in [2.45, 2.75) is 18.9 Å². The van der Waals surface area contributed by atoms with Crippen molar-refractivity contribution in [1.29, 1.82) is 0 Å². The molecule has 5 nitrogen and oxygen atoms in total. The number of hydrogen-bond acceptors (Lipinski definition) is 4. The van der Waals surface area contributed by atoms with Crippen molar-refractivity contribution in [2.75, 3.05) is 40.0 Å². The maximum Gasteiger partial charge on any atom is 0.234 e. The van der Waals surface area contributed by atoms with Crippen LogP contribution < -0.4 is 10.6 Å². The highest BCUT2D eigenvalue weighted by Crippen LogP contribution is 2.10. The fourth-order valence-corrected chi connectivity index (χ4v) is 1.51. The molecule has 96 valence electrons. The van der Waals surface area contributed by atoms with E-state index in [9.17, 15) is 4.79 Å². The Morgan fingerprint density at radius 2 is 2.38 bits per heavy atom. The SMILES string of the molecule is COCCNC(=O)CNCC1CCCO1.Cl. The first-order valence-electron chi connectivity index (χ1n) is 5.41. The molecule has 0 spiro atoms. The molecular weight excluding hydrogens is 232 g/mol. The van der Waals surface area contributed by atoms with Gasteiger partial charge in [0.05, 0.1) is 19.3 Å². The lowest BCUT2D eigenvalue weighted by atomic mass is 10.2. The summed E-state index contributed by atoms with van der Waals surface area (Å²) in [6.07, 6.45) is 2.52. The summed E-state index contributed by atoms with van der Waals surface area (Å²) in [6, 6.07) is 0. The van der Waals surface area contributed by atoms with Gasteiger partial charge in [-0.1, -0.05) is 0 Å². The highest BCUT2D eigenvalue weighted by molar-refractivity contribution is 5.85. The van der Waals surface area contributed by atoms with Gasteiger partial charge in [0.1, 0.15) is 0 Å². The Bertz CT molecular complexity index is 187. The number of rotatable bonds is 7. The molecule has 0 radical (unpaired) electrons. The number of amides is 1. The minimum Gasteiger partial charge on any atom is -0.383 e. The van der Waals surface area contributed by atoms with E-state index in [-0.39, 0.29) is 24.4 Å². The Balaban J connectivity index is 0.00000225. The van der Waals surface area contributed by atoms with Crippen molar-refractivity contribution < 1.29 is 14.3 Å². The van der Waals surface area contributed by atoms with E-state index in [2.05, 4.69) is 10.6 Å². The van der Waals surface area contributed by atoms with Gasteiger partial charge in [0.25, 0.3) is 0 Å². The maximum absolute atomic E-state index is 11.2. The van der Waals surface area contributed by atoms with E-state index in [1.165, 1.54) is 0 Å². The zero-order chi connectivity index (χ0) is 10.9. The summed E-state index contributed by atoms with van der Waals surface area (Å²) >= 11 is 0. The molecule has 0 saturated carbocycles. The van der Waals surface area contributed by atoms with Gasteiger partial charge in [-0.2, -0.15) is 0 Å². The van der Waals surface area contributed by atoms with Crippen molar-refractivity contribution in [3.05, 3.63) is 0 Å². The third-order valence-corrected chi connectivity index (χ3v) is 2.31. The van der Waals surface area contributed by atoms with Crippen LogP contribution in [-0.4, -0.2) is 52.0 Å². The molecule has 1 fully saturated rings. The Labute approximate surface area is 103 Å². The van der Waals surface area contributed by atoms with Crippen LogP contribution in [0.3, 0.4) is 0 Å². The molecule has 1 aliphatic rings. The number of nitrogens with one attached hydrogen (secondary N) is 2. The maximum atomic E-state index is 11.2. The van der Waals surface area contributed by atoms with Gasteiger partial charge in [-0.15, -0.1) is 12.4 Å². The Morgan fingerprint density at radius 3 is 3.00 bits per heavy atom. The minimum absolute atomic E-state index is 0. The zero-order valence-electron chi connectivity index (χ0n) is 9.66. The summed E-state index contributed by atoms with van der Waals surface area (Å²) in [6.45, 7) is 3.09. The first kappa shape index (κ1) is 15.6. The average molecular weight is 253 g/mol. The second kappa shape index (κ2) is 9.84. The lowest BCUT2D eigenvalue weighted by molar-refractivity contribution is -0.120. The van der Waals surface area contributed by atoms with Crippen molar-refractivity contribution in [3.8, 4) is 0 Å². The topological polar surface area (TPSA) is 59.6 Å². The van der Waals surface area contributed by atoms with Crippen LogP contribution in [0.15, 0.2) is 0 Å². The normalized spacial score (nSPS) is 19.2. The molecule has 0 bridgehead atoms. The van der Waals surface area contributed by atoms with Crippen LogP contribution in [0.4, 0.5) is 0 Å². The van der Waals surface area contributed by atoms with Crippen LogP contribution in [0.1, 0.15) is 12.8 Å². The fraction of sp³-hybridized carbons (Fsp3) is 0.900. The molecule has 1 saturated heterocycles. The van der Waals surface area contributed by atoms with E-state index in [0.717, 1.165) is 26.0 Å². The molecule has 1 rings (SSSR count). The number of carbonyl (C=O) groups is 1. The Morgan fingerprint density at radius 1 is 1.56 bits per heavy atom. The predicted molar refractivity (Wildman–Crippen MR) is 64.0 cm³/mol. The summed E-state index contributed by atoms with van der Waals surface area (Å²) in [5.41, 5.74) is 0. The molecule has 0 aliphatic carbocycles. The summed E-state index contributed by atoms with van der Waals surface area (Å²) < 4.78 is 10.2. The van der Waals surface area contributed by atoms with Gasteiger partial charge >= 0.3 is 0 Å². The molecule has 2 N–H and O–H groups in total. The average Bonchev–Trinajstić information content (AvgIpc) is 2.71. The van der Waals surface area contributed by atoms with Crippen LogP contribution in [0.2, 0.25) is 0 Å². The molecule has 1 atom stereocenters. The largest absolute Gasteiger partial charge is 0.383 e. The van der Waals surface area contributed by atoms with Crippen molar-refractivity contribution in [3.63, 3.8) is 0 Å². The van der Waals surface area contributed by atoms with E-state index in [1.54, 1.807) is 7.11 Å². The molecule has 1 aliphatic heterocycles. The zero-order valence-corrected chi connectivity index (χ0v) is 10.5. The predicted octanol–water partition coefficient (Wildman–Crippen LogP) is -0.0606. The van der Waals surface area contributed by atoms with Gasteiger partial charge in [0.15, 0.2) is 0 Å². The van der Waals surface area contributed by atoms with Crippen molar-refractivity contribution >= 4 is 18.3 Å². The van der Waals surface area contributed by atoms with Crippen molar-refractivity contribution in [1.82, 2.24) is 10.6 Å². The van der Waals surface area contributed by atoms with Gasteiger partial charge in [-0.05, 0) is 12.8 Å². The first-order valence-corrected chi connectivity index (χ1v) is 5.41. The number of ether oxygens (including phenoxy) is 2. The highest BCUT2D eigenvalue weighted by atomic mass is 35.5. The molecule has 0 aromatic carbocycles. The standard InChI is InChI=1S/C10H20N2O3.ClH/c1-14-6-4-12-10(13)8-11-7-9-3-2-5-15-9;/h9,11H,2-8H2,1H3,(H,12,13);1H. The van der Waals surface area contributed by atoms with E-state index in [1.807, 2.05) is 0 Å². The summed E-state index contributed by atoms with van der Waals surface area (Å²) in [4.78, 5) is 11.2. The van der Waals surface area contributed by atoms with Gasteiger partial charge in [0.2, 0.25) is 5.91 Å². The minimum atomic E-state index is 0. The van der Waals surface area contributed by atoms with Crippen LogP contribution in [-0.2, 0) is 14.3 Å². The third kappa shape index (κ3) is 7.00. The fourth-order valence-electron chi connectivity index (χ4n) is 1.51. The summed E-state index contributed by atoms with van der Waals surface area (Å²) in [5, 5.41) is 5.82. The van der Waals surface area contributed by atoms with Gasteiger partial charge < -0.3 is 20.1 Å². The molecule has 0 aromatic heterocycles. The lowest BCUT2D eigenvalue weighted by Crippen LogP contribution is -2.38. The Kier molecular flexibility index (Phi) is 9.62. The quantitative estimate of drug-likeness (QED) is 0.624. The van der Waals surface area contributed by atoms with E-state index < -0.39 is 0 Å². The van der Waals surface area contributed by atoms with Crippen LogP contribution in [0.5, 0.6) is 0 Å². The van der Waals surface area contributed by atoms with Crippen LogP contribution >= 0.6 is 12.4 Å². The van der Waals surface area contributed by atoms with E-state index in [0.29, 0.717) is 19.7 Å². The number of carbonyl (C=O) groups excluding carboxylic acids is 1. The summed E-state index contributed by atoms with van der Waals surface area (Å²) in [5.74, 6) is 0.00467. The van der Waals surface area contributed by atoms with Crippen molar-refractivity contribution in [2.24, 2.45) is 0 Å². The first-order chi connectivity index (χ1) is 7.33. The smallest absolute Gasteiger partial charge is 0.234 e. The second-order valence-electron chi connectivity index (χ2n) is 3.61. The van der Waals surface area contributed by atoms with Gasteiger partial charge in [-0.25, -0.2) is 0 Å². The van der Waals surface area contributed by atoms with Gasteiger partial charge in [-0.3, -0.25) is 4.79 Å². The monoisotopic (exact) mass is 252 g/mol. The molecule has 6 heteroatoms. The van der Waals surface area contributed by atoms with E-state index in [4.69, 9.17) is 9.47 Å². The third-order valence-electron chi connectivity index (χ3n) is 2.31. The summed E-state index contributed by atoms with van der Waals surface area (Å²) in [7, 11) is 1.61. The Hall–Kier alpha value is -0.360. The van der Waals surface area contributed by atoms with Crippen LogP contribution in [0, 0.1) is 0 Å². The van der Waals surface area contributed by atoms with E-state index >= 15 is 0 Å². The molecule has 1 amide bonds. The molecule has 1 heterocycles. The number of methoxy groups -OCH3 is 1. The highest BCUT2D eigenvalue weighted by Gasteiger charge is 2.14. The molecule has 16 heavy (non-hydrogen) atoms. The van der Waals surface area contributed by atoms with Crippen LogP contribution in [0.25, 0.3) is 0 Å². The molecule has 1 unspecified atom stereocenters. The molecule has 0 aromatic rings. The second-order valence-corrected chi connectivity index (χ2v) is 3.61. The number of hydrogen-bond donors (Lipinski definition) is 2. The number of halogens is 1.